The van der Waals surface area contributed by atoms with E-state index in [1.54, 1.807) is 23.0 Å². The molecule has 6 nitrogen and oxygen atoms in total. The van der Waals surface area contributed by atoms with Crippen molar-refractivity contribution in [3.63, 3.8) is 0 Å². The first kappa shape index (κ1) is 13.1. The van der Waals surface area contributed by atoms with Gasteiger partial charge in [0.1, 0.15) is 0 Å². The SMILES string of the molecule is Cc1ccc(Cl)cc1NC(=O)c1cn(C2CNC2)nn1. The van der Waals surface area contributed by atoms with Crippen LogP contribution >= 0.6 is 11.6 Å². The first-order chi connectivity index (χ1) is 9.63. The van der Waals surface area contributed by atoms with E-state index < -0.39 is 0 Å². The third-order valence-corrected chi connectivity index (χ3v) is 3.56. The van der Waals surface area contributed by atoms with Gasteiger partial charge in [-0.2, -0.15) is 0 Å². The van der Waals surface area contributed by atoms with Crippen LogP contribution in [0.25, 0.3) is 0 Å². The number of carbonyl (C=O) groups excluding carboxylic acids is 1. The van der Waals surface area contributed by atoms with Crippen LogP contribution in [-0.4, -0.2) is 34.0 Å². The van der Waals surface area contributed by atoms with E-state index >= 15 is 0 Å². The molecule has 20 heavy (non-hydrogen) atoms. The molecule has 1 saturated heterocycles. The Morgan fingerprint density at radius 3 is 3.00 bits per heavy atom. The quantitative estimate of drug-likeness (QED) is 0.902. The Kier molecular flexibility index (Phi) is 3.42. The topological polar surface area (TPSA) is 71.8 Å². The van der Waals surface area contributed by atoms with Crippen LogP contribution in [0.3, 0.4) is 0 Å². The van der Waals surface area contributed by atoms with Gasteiger partial charge in [-0.3, -0.25) is 4.79 Å². The van der Waals surface area contributed by atoms with Crippen LogP contribution in [0, 0.1) is 6.92 Å². The summed E-state index contributed by atoms with van der Waals surface area (Å²) in [5, 5.41) is 14.4. The molecule has 0 saturated carbocycles. The monoisotopic (exact) mass is 291 g/mol. The first-order valence-corrected chi connectivity index (χ1v) is 6.71. The van der Waals surface area contributed by atoms with Gasteiger partial charge in [-0.15, -0.1) is 5.10 Å². The number of aromatic nitrogens is 3. The highest BCUT2D eigenvalue weighted by Crippen LogP contribution is 2.20. The molecule has 1 aliphatic heterocycles. The summed E-state index contributed by atoms with van der Waals surface area (Å²) in [7, 11) is 0. The van der Waals surface area contributed by atoms with E-state index in [0.29, 0.717) is 16.4 Å². The molecule has 1 aliphatic rings. The van der Waals surface area contributed by atoms with Gasteiger partial charge < -0.3 is 10.6 Å². The summed E-state index contributed by atoms with van der Waals surface area (Å²) in [5.41, 5.74) is 1.93. The molecule has 0 atom stereocenters. The summed E-state index contributed by atoms with van der Waals surface area (Å²) in [6.07, 6.45) is 1.67. The number of halogens is 1. The molecule has 0 unspecified atom stereocenters. The van der Waals surface area contributed by atoms with E-state index in [0.717, 1.165) is 18.7 Å². The van der Waals surface area contributed by atoms with Crippen LogP contribution in [0.2, 0.25) is 5.02 Å². The minimum atomic E-state index is -0.283. The Bertz CT molecular complexity index is 650. The molecule has 1 aromatic heterocycles. The van der Waals surface area contributed by atoms with Gasteiger partial charge in [-0.25, -0.2) is 4.68 Å². The van der Waals surface area contributed by atoms with E-state index in [4.69, 9.17) is 11.6 Å². The second-order valence-corrected chi connectivity index (χ2v) is 5.25. The van der Waals surface area contributed by atoms with Crippen LogP contribution in [-0.2, 0) is 0 Å². The molecule has 7 heteroatoms. The highest BCUT2D eigenvalue weighted by Gasteiger charge is 2.21. The molecule has 0 radical (unpaired) electrons. The first-order valence-electron chi connectivity index (χ1n) is 6.33. The number of aryl methyl sites for hydroxylation is 1. The average Bonchev–Trinajstić information content (AvgIpc) is 2.81. The van der Waals surface area contributed by atoms with Gasteiger partial charge in [0.2, 0.25) is 0 Å². The summed E-state index contributed by atoms with van der Waals surface area (Å²) in [6, 6.07) is 5.65. The second-order valence-electron chi connectivity index (χ2n) is 4.81. The van der Waals surface area contributed by atoms with Crippen molar-refractivity contribution in [2.24, 2.45) is 0 Å². The third kappa shape index (κ3) is 2.52. The summed E-state index contributed by atoms with van der Waals surface area (Å²) in [5.74, 6) is -0.283. The minimum absolute atomic E-state index is 0.283. The van der Waals surface area contributed by atoms with Crippen LogP contribution in [0.1, 0.15) is 22.1 Å². The highest BCUT2D eigenvalue weighted by molar-refractivity contribution is 6.31. The molecule has 2 aromatic rings. The van der Waals surface area contributed by atoms with Crippen molar-refractivity contribution in [3.8, 4) is 0 Å². The molecule has 1 aromatic carbocycles. The van der Waals surface area contributed by atoms with Gasteiger partial charge >= 0.3 is 0 Å². The number of hydrogen-bond donors (Lipinski definition) is 2. The van der Waals surface area contributed by atoms with Gasteiger partial charge in [-0.1, -0.05) is 22.9 Å². The molecule has 0 bridgehead atoms. The van der Waals surface area contributed by atoms with Crippen molar-refractivity contribution in [2.45, 2.75) is 13.0 Å². The van der Waals surface area contributed by atoms with E-state index in [1.807, 2.05) is 13.0 Å². The van der Waals surface area contributed by atoms with E-state index in [2.05, 4.69) is 20.9 Å². The van der Waals surface area contributed by atoms with Crippen molar-refractivity contribution in [1.29, 1.82) is 0 Å². The maximum Gasteiger partial charge on any atom is 0.277 e. The Hall–Kier alpha value is -1.92. The normalized spacial score (nSPS) is 14.9. The van der Waals surface area contributed by atoms with Crippen molar-refractivity contribution in [2.75, 3.05) is 18.4 Å². The predicted molar refractivity (Wildman–Crippen MR) is 76.1 cm³/mol. The van der Waals surface area contributed by atoms with Gasteiger partial charge in [0.05, 0.1) is 12.2 Å². The minimum Gasteiger partial charge on any atom is -0.320 e. The largest absolute Gasteiger partial charge is 0.320 e. The number of benzene rings is 1. The molecule has 1 fully saturated rings. The second kappa shape index (κ2) is 5.22. The molecule has 0 spiro atoms. The van der Waals surface area contributed by atoms with E-state index in [9.17, 15) is 4.79 Å². The summed E-state index contributed by atoms with van der Waals surface area (Å²) < 4.78 is 1.72. The molecule has 104 valence electrons. The molecule has 3 rings (SSSR count). The Morgan fingerprint density at radius 2 is 2.30 bits per heavy atom. The fraction of sp³-hybridized carbons (Fsp3) is 0.308. The average molecular weight is 292 g/mol. The van der Waals surface area contributed by atoms with Gasteiger partial charge in [0.15, 0.2) is 5.69 Å². The zero-order valence-corrected chi connectivity index (χ0v) is 11.7. The Balaban J connectivity index is 1.75. The fourth-order valence-corrected chi connectivity index (χ4v) is 2.11. The van der Waals surface area contributed by atoms with Crippen LogP contribution in [0.4, 0.5) is 5.69 Å². The zero-order chi connectivity index (χ0) is 14.1. The standard InChI is InChI=1S/C13H14ClN5O/c1-8-2-3-9(14)4-11(8)16-13(20)12-7-19(18-17-12)10-5-15-6-10/h2-4,7,10,15H,5-6H2,1H3,(H,16,20). The van der Waals surface area contributed by atoms with Gasteiger partial charge in [0, 0.05) is 23.8 Å². The molecule has 2 heterocycles. The van der Waals surface area contributed by atoms with Crippen molar-refractivity contribution in [3.05, 3.63) is 40.7 Å². The molecular weight excluding hydrogens is 278 g/mol. The fourth-order valence-electron chi connectivity index (χ4n) is 1.93. The van der Waals surface area contributed by atoms with Crippen LogP contribution in [0.15, 0.2) is 24.4 Å². The van der Waals surface area contributed by atoms with Crippen LogP contribution in [0.5, 0.6) is 0 Å². The Morgan fingerprint density at radius 1 is 1.50 bits per heavy atom. The van der Waals surface area contributed by atoms with Crippen molar-refractivity contribution < 1.29 is 4.79 Å². The summed E-state index contributed by atoms with van der Waals surface area (Å²) in [6.45, 7) is 3.62. The van der Waals surface area contributed by atoms with Crippen LogP contribution < -0.4 is 10.6 Å². The maximum absolute atomic E-state index is 12.1. The number of carbonyl (C=O) groups is 1. The van der Waals surface area contributed by atoms with Gasteiger partial charge in [-0.05, 0) is 24.6 Å². The van der Waals surface area contributed by atoms with E-state index in [-0.39, 0.29) is 11.9 Å². The predicted octanol–water partition coefficient (Wildman–Crippen LogP) is 1.64. The number of amides is 1. The number of nitrogens with one attached hydrogen (secondary N) is 2. The lowest BCUT2D eigenvalue weighted by molar-refractivity contribution is 0.102. The lowest BCUT2D eigenvalue weighted by Gasteiger charge is -2.26. The lowest BCUT2D eigenvalue weighted by Crippen LogP contribution is -2.43. The molecule has 1 amide bonds. The molecule has 2 N–H and O–H groups in total. The highest BCUT2D eigenvalue weighted by atomic mass is 35.5. The lowest BCUT2D eigenvalue weighted by atomic mass is 10.2. The third-order valence-electron chi connectivity index (χ3n) is 3.32. The number of nitrogens with zero attached hydrogens (tertiary/aromatic N) is 3. The van der Waals surface area contributed by atoms with Crippen molar-refractivity contribution >= 4 is 23.2 Å². The maximum atomic E-state index is 12.1. The Labute approximate surface area is 121 Å². The van der Waals surface area contributed by atoms with E-state index in [1.165, 1.54) is 0 Å². The summed E-state index contributed by atoms with van der Waals surface area (Å²) >= 11 is 5.93. The number of hydrogen-bond acceptors (Lipinski definition) is 4. The molecule has 0 aliphatic carbocycles. The van der Waals surface area contributed by atoms with Crippen molar-refractivity contribution in [1.82, 2.24) is 20.3 Å². The summed E-state index contributed by atoms with van der Waals surface area (Å²) in [4.78, 5) is 12.1. The number of anilines is 1. The smallest absolute Gasteiger partial charge is 0.277 e. The van der Waals surface area contributed by atoms with Gasteiger partial charge in [0.25, 0.3) is 5.91 Å². The number of rotatable bonds is 3. The zero-order valence-electron chi connectivity index (χ0n) is 10.9. The molecular formula is C13H14ClN5O.